The van der Waals surface area contributed by atoms with Gasteiger partial charge in [0.25, 0.3) is 0 Å². The van der Waals surface area contributed by atoms with Crippen molar-refractivity contribution < 1.29 is 9.90 Å². The molecule has 1 aromatic rings. The second-order valence-electron chi connectivity index (χ2n) is 6.20. The zero-order chi connectivity index (χ0) is 14.7. The molecule has 4 heteroatoms. The maximum atomic E-state index is 10.7. The molecule has 0 spiro atoms. The van der Waals surface area contributed by atoms with Gasteiger partial charge in [0.15, 0.2) is 0 Å². The Morgan fingerprint density at radius 3 is 3.00 bits per heavy atom. The van der Waals surface area contributed by atoms with Crippen LogP contribution >= 0.6 is 11.3 Å². The molecule has 1 aromatic heterocycles. The van der Waals surface area contributed by atoms with E-state index in [-0.39, 0.29) is 0 Å². The van der Waals surface area contributed by atoms with Gasteiger partial charge >= 0.3 is 5.97 Å². The van der Waals surface area contributed by atoms with E-state index in [1.54, 1.807) is 17.4 Å². The number of carboxylic acids is 1. The number of rotatable bonds is 4. The Hall–Kier alpha value is -1.13. The normalized spacial score (nSPS) is 26.9. The van der Waals surface area contributed by atoms with Gasteiger partial charge in [-0.05, 0) is 61.2 Å². The molecule has 2 aliphatic rings. The molecule has 2 heterocycles. The number of carboxylic acid groups (broad SMARTS) is 1. The van der Waals surface area contributed by atoms with Crippen molar-refractivity contribution in [3.05, 3.63) is 28.0 Å². The Bertz CT molecular complexity index is 521. The third-order valence-electron chi connectivity index (χ3n) is 4.89. The molecule has 0 bridgehead atoms. The number of hydrogen-bond acceptors (Lipinski definition) is 3. The van der Waals surface area contributed by atoms with Gasteiger partial charge in [-0.1, -0.05) is 12.8 Å². The first-order valence-corrected chi connectivity index (χ1v) is 8.83. The molecule has 21 heavy (non-hydrogen) atoms. The molecule has 0 amide bonds. The SMILES string of the molecule is O=C(O)/C=C/c1ccsc1CN1CCC[C@H]2CCCC[C@H]21. The minimum Gasteiger partial charge on any atom is -0.478 e. The Morgan fingerprint density at radius 1 is 1.33 bits per heavy atom. The van der Waals surface area contributed by atoms with Gasteiger partial charge in [0, 0.05) is 23.5 Å². The smallest absolute Gasteiger partial charge is 0.328 e. The molecule has 2 atom stereocenters. The van der Waals surface area contributed by atoms with Crippen LogP contribution in [0.25, 0.3) is 6.08 Å². The first-order chi connectivity index (χ1) is 10.2. The molecule has 3 rings (SSSR count). The molecule has 1 saturated heterocycles. The maximum Gasteiger partial charge on any atom is 0.328 e. The number of hydrogen-bond donors (Lipinski definition) is 1. The second-order valence-corrected chi connectivity index (χ2v) is 7.20. The lowest BCUT2D eigenvalue weighted by molar-refractivity contribution is -0.131. The van der Waals surface area contributed by atoms with E-state index < -0.39 is 5.97 Å². The van der Waals surface area contributed by atoms with Gasteiger partial charge in [-0.3, -0.25) is 4.90 Å². The van der Waals surface area contributed by atoms with Gasteiger partial charge in [-0.25, -0.2) is 4.79 Å². The quantitative estimate of drug-likeness (QED) is 0.855. The van der Waals surface area contributed by atoms with Crippen molar-refractivity contribution in [2.75, 3.05) is 6.54 Å². The van der Waals surface area contributed by atoms with Crippen molar-refractivity contribution >= 4 is 23.4 Å². The topological polar surface area (TPSA) is 40.5 Å². The highest BCUT2D eigenvalue weighted by Crippen LogP contribution is 2.36. The Kier molecular flexibility index (Phi) is 4.76. The van der Waals surface area contributed by atoms with E-state index in [1.807, 2.05) is 6.07 Å². The standard InChI is InChI=1S/C17H23NO2S/c19-17(20)8-7-14-9-11-21-16(14)12-18-10-3-5-13-4-1-2-6-15(13)18/h7-9,11,13,15H,1-6,10,12H2,(H,19,20)/b8-7+/t13-,15-/m1/s1. The molecule has 1 N–H and O–H groups in total. The van der Waals surface area contributed by atoms with Crippen molar-refractivity contribution in [2.45, 2.75) is 51.1 Å². The predicted octanol–water partition coefficient (Wildman–Crippen LogP) is 4.00. The first kappa shape index (κ1) is 14.8. The van der Waals surface area contributed by atoms with Crippen molar-refractivity contribution in [2.24, 2.45) is 5.92 Å². The van der Waals surface area contributed by atoms with Gasteiger partial charge in [-0.15, -0.1) is 11.3 Å². The average Bonchev–Trinajstić information content (AvgIpc) is 2.93. The Labute approximate surface area is 130 Å². The van der Waals surface area contributed by atoms with Crippen LogP contribution in [0.1, 0.15) is 49.0 Å². The molecular weight excluding hydrogens is 282 g/mol. The lowest BCUT2D eigenvalue weighted by Crippen LogP contribution is -2.46. The number of aliphatic carboxylic acids is 1. The van der Waals surface area contributed by atoms with Crippen LogP contribution in [0.4, 0.5) is 0 Å². The fourth-order valence-corrected chi connectivity index (χ4v) is 4.79. The summed E-state index contributed by atoms with van der Waals surface area (Å²) in [6.45, 7) is 2.18. The van der Waals surface area contributed by atoms with Gasteiger partial charge in [0.1, 0.15) is 0 Å². The van der Waals surface area contributed by atoms with Gasteiger partial charge in [-0.2, -0.15) is 0 Å². The summed E-state index contributed by atoms with van der Waals surface area (Å²) in [6.07, 6.45) is 11.2. The second kappa shape index (κ2) is 6.75. The number of likely N-dealkylation sites (tertiary alicyclic amines) is 1. The summed E-state index contributed by atoms with van der Waals surface area (Å²) < 4.78 is 0. The summed E-state index contributed by atoms with van der Waals surface area (Å²) in [6, 6.07) is 2.78. The molecule has 114 valence electrons. The minimum absolute atomic E-state index is 0.755. The Morgan fingerprint density at radius 2 is 2.14 bits per heavy atom. The number of piperidine rings is 1. The molecule has 0 unspecified atom stereocenters. The van der Waals surface area contributed by atoms with Crippen molar-refractivity contribution in [1.29, 1.82) is 0 Å². The van der Waals surface area contributed by atoms with E-state index in [0.717, 1.165) is 24.1 Å². The van der Waals surface area contributed by atoms with Gasteiger partial charge in [0.05, 0.1) is 0 Å². The summed E-state index contributed by atoms with van der Waals surface area (Å²) in [5, 5.41) is 10.9. The van der Waals surface area contributed by atoms with Crippen LogP contribution in [-0.4, -0.2) is 28.6 Å². The predicted molar refractivity (Wildman–Crippen MR) is 86.4 cm³/mol. The fraction of sp³-hybridized carbons (Fsp3) is 0.588. The minimum atomic E-state index is -0.877. The van der Waals surface area contributed by atoms with Gasteiger partial charge < -0.3 is 5.11 Å². The van der Waals surface area contributed by atoms with Crippen molar-refractivity contribution in [3.8, 4) is 0 Å². The molecule has 1 saturated carbocycles. The van der Waals surface area contributed by atoms with Crippen LogP contribution in [0.2, 0.25) is 0 Å². The summed E-state index contributed by atoms with van der Waals surface area (Å²) in [7, 11) is 0. The molecule has 3 nitrogen and oxygen atoms in total. The highest BCUT2D eigenvalue weighted by atomic mass is 32.1. The summed E-state index contributed by atoms with van der Waals surface area (Å²) in [5.41, 5.74) is 1.07. The lowest BCUT2D eigenvalue weighted by Gasteiger charge is -2.44. The van der Waals surface area contributed by atoms with E-state index in [4.69, 9.17) is 5.11 Å². The molecule has 0 aromatic carbocycles. The van der Waals surface area contributed by atoms with Crippen LogP contribution in [-0.2, 0) is 11.3 Å². The summed E-state index contributed by atoms with van der Waals surface area (Å²) >= 11 is 1.75. The number of fused-ring (bicyclic) bond motifs is 1. The summed E-state index contributed by atoms with van der Waals surface area (Å²) in [5.74, 6) is 0.0166. The molecule has 1 aliphatic heterocycles. The number of carbonyl (C=O) groups is 1. The first-order valence-electron chi connectivity index (χ1n) is 7.95. The average molecular weight is 305 g/mol. The van der Waals surface area contributed by atoms with Crippen LogP contribution in [0.15, 0.2) is 17.5 Å². The molecule has 2 fully saturated rings. The maximum absolute atomic E-state index is 10.7. The van der Waals surface area contributed by atoms with E-state index in [2.05, 4.69) is 10.3 Å². The van der Waals surface area contributed by atoms with Gasteiger partial charge in [0.2, 0.25) is 0 Å². The zero-order valence-corrected chi connectivity index (χ0v) is 13.1. The van der Waals surface area contributed by atoms with Crippen LogP contribution in [0, 0.1) is 5.92 Å². The number of nitrogens with zero attached hydrogens (tertiary/aromatic N) is 1. The Balaban J connectivity index is 1.71. The monoisotopic (exact) mass is 305 g/mol. The molecule has 1 aliphatic carbocycles. The highest BCUT2D eigenvalue weighted by Gasteiger charge is 2.33. The van der Waals surface area contributed by atoms with E-state index >= 15 is 0 Å². The fourth-order valence-electron chi connectivity index (χ4n) is 3.90. The third-order valence-corrected chi connectivity index (χ3v) is 5.81. The zero-order valence-electron chi connectivity index (χ0n) is 12.3. The van der Waals surface area contributed by atoms with E-state index in [9.17, 15) is 4.79 Å². The van der Waals surface area contributed by atoms with Crippen LogP contribution in [0.5, 0.6) is 0 Å². The molecular formula is C17H23NO2S. The van der Waals surface area contributed by atoms with Crippen LogP contribution in [0.3, 0.4) is 0 Å². The summed E-state index contributed by atoms with van der Waals surface area (Å²) in [4.78, 5) is 14.6. The van der Waals surface area contributed by atoms with E-state index in [1.165, 1.54) is 56.0 Å². The lowest BCUT2D eigenvalue weighted by atomic mass is 9.78. The van der Waals surface area contributed by atoms with E-state index in [0.29, 0.717) is 0 Å². The third kappa shape index (κ3) is 3.55. The largest absolute Gasteiger partial charge is 0.478 e. The highest BCUT2D eigenvalue weighted by molar-refractivity contribution is 7.10. The van der Waals surface area contributed by atoms with Crippen molar-refractivity contribution in [3.63, 3.8) is 0 Å². The van der Waals surface area contributed by atoms with Crippen molar-refractivity contribution in [1.82, 2.24) is 4.90 Å². The number of thiophene rings is 1. The molecule has 0 radical (unpaired) electrons. The van der Waals surface area contributed by atoms with Crippen LogP contribution < -0.4 is 0 Å².